The molecule has 0 bridgehead atoms. The van der Waals surface area contributed by atoms with Crippen molar-refractivity contribution in [3.63, 3.8) is 0 Å². The van der Waals surface area contributed by atoms with Gasteiger partial charge in [0.25, 0.3) is 0 Å². The van der Waals surface area contributed by atoms with Crippen LogP contribution in [0.25, 0.3) is 0 Å². The van der Waals surface area contributed by atoms with Crippen LogP contribution < -0.4 is 0 Å². The second kappa shape index (κ2) is 8.02. The molecule has 0 aromatic rings. The number of carbonyl (C=O) groups is 1. The van der Waals surface area contributed by atoms with Crippen LogP contribution >= 0.6 is 0 Å². The predicted molar refractivity (Wildman–Crippen MR) is 108 cm³/mol. The van der Waals surface area contributed by atoms with Crippen molar-refractivity contribution in [2.24, 2.45) is 29.6 Å². The van der Waals surface area contributed by atoms with Gasteiger partial charge in [-0.1, -0.05) is 27.7 Å². The number of hydrogen-bond acceptors (Lipinski definition) is 4. The van der Waals surface area contributed by atoms with E-state index < -0.39 is 28.7 Å². The van der Waals surface area contributed by atoms with Crippen molar-refractivity contribution in [2.45, 2.75) is 110 Å². The van der Waals surface area contributed by atoms with Crippen LogP contribution in [0, 0.1) is 29.6 Å². The Hall–Kier alpha value is -0.610. The molecular formula is C23H42O4. The third-order valence-electron chi connectivity index (χ3n) is 7.71. The van der Waals surface area contributed by atoms with E-state index in [1.54, 1.807) is 13.8 Å². The molecule has 4 heteroatoms. The Balaban J connectivity index is 2.09. The first-order chi connectivity index (χ1) is 12.3. The molecular weight excluding hydrogens is 340 g/mol. The molecule has 0 saturated heterocycles. The van der Waals surface area contributed by atoms with Gasteiger partial charge in [-0.3, -0.25) is 0 Å². The molecule has 0 radical (unpaired) electrons. The van der Waals surface area contributed by atoms with Gasteiger partial charge in [-0.05, 0) is 89.4 Å². The minimum Gasteiger partial charge on any atom is -0.457 e. The minimum atomic E-state index is -1.67. The molecule has 0 amide bonds. The average molecular weight is 383 g/mol. The van der Waals surface area contributed by atoms with Crippen LogP contribution in [0.5, 0.6) is 0 Å². The highest BCUT2D eigenvalue weighted by Gasteiger charge is 2.54. The van der Waals surface area contributed by atoms with E-state index in [-0.39, 0.29) is 0 Å². The monoisotopic (exact) mass is 382 g/mol. The topological polar surface area (TPSA) is 66.8 Å². The van der Waals surface area contributed by atoms with Crippen molar-refractivity contribution in [1.82, 2.24) is 0 Å². The summed E-state index contributed by atoms with van der Waals surface area (Å²) < 4.78 is 5.91. The molecule has 0 aliphatic heterocycles. The molecule has 4 nitrogen and oxygen atoms in total. The first-order valence-electron chi connectivity index (χ1n) is 11.0. The van der Waals surface area contributed by atoms with Crippen LogP contribution in [-0.2, 0) is 9.53 Å². The highest BCUT2D eigenvalue weighted by Crippen LogP contribution is 2.46. The fourth-order valence-corrected chi connectivity index (χ4v) is 5.26. The zero-order valence-electron chi connectivity index (χ0n) is 18.5. The molecule has 2 rings (SSSR count). The molecule has 2 aliphatic rings. The van der Waals surface area contributed by atoms with Crippen LogP contribution in [0.4, 0.5) is 0 Å². The Morgan fingerprint density at radius 1 is 1.00 bits per heavy atom. The van der Waals surface area contributed by atoms with Gasteiger partial charge in [0.05, 0.1) is 5.60 Å². The van der Waals surface area contributed by atoms with Crippen molar-refractivity contribution in [3.05, 3.63) is 0 Å². The first kappa shape index (κ1) is 22.7. The SMILES string of the molecule is CC(C)C1CCC(C)(OC(=O)C(C)(O)C2CC(C(C)C)CCC2(C)O)CC1. The standard InChI is InChI=1S/C23H42O4/c1-15(2)17-8-11-21(5,12-9-17)27-20(24)23(7,26)19-14-18(16(3)4)10-13-22(19,6)25/h15-19,25-26H,8-14H2,1-7H3. The van der Waals surface area contributed by atoms with E-state index in [1.807, 2.05) is 6.92 Å². The molecule has 0 spiro atoms. The Kier molecular flexibility index (Phi) is 6.74. The fourth-order valence-electron chi connectivity index (χ4n) is 5.26. The van der Waals surface area contributed by atoms with E-state index in [2.05, 4.69) is 27.7 Å². The summed E-state index contributed by atoms with van der Waals surface area (Å²) in [7, 11) is 0. The fraction of sp³-hybridized carbons (Fsp3) is 0.957. The molecule has 2 fully saturated rings. The summed E-state index contributed by atoms with van der Waals surface area (Å²) in [5.41, 5.74) is -3.23. The third kappa shape index (κ3) is 5.06. The molecule has 4 atom stereocenters. The maximum Gasteiger partial charge on any atom is 0.338 e. The number of hydrogen-bond donors (Lipinski definition) is 2. The van der Waals surface area contributed by atoms with E-state index in [4.69, 9.17) is 4.74 Å². The largest absolute Gasteiger partial charge is 0.457 e. The van der Waals surface area contributed by atoms with Crippen LogP contribution in [0.1, 0.15) is 93.4 Å². The molecule has 0 aromatic heterocycles. The summed E-state index contributed by atoms with van der Waals surface area (Å²) in [6.45, 7) is 14.1. The summed E-state index contributed by atoms with van der Waals surface area (Å²) >= 11 is 0. The van der Waals surface area contributed by atoms with Gasteiger partial charge in [0.15, 0.2) is 5.60 Å². The van der Waals surface area contributed by atoms with Gasteiger partial charge in [-0.2, -0.15) is 0 Å². The third-order valence-corrected chi connectivity index (χ3v) is 7.71. The highest BCUT2D eigenvalue weighted by molar-refractivity contribution is 5.80. The van der Waals surface area contributed by atoms with Crippen molar-refractivity contribution < 1.29 is 19.7 Å². The van der Waals surface area contributed by atoms with Gasteiger partial charge in [0.1, 0.15) is 5.60 Å². The maximum atomic E-state index is 13.0. The molecule has 27 heavy (non-hydrogen) atoms. The van der Waals surface area contributed by atoms with Crippen LogP contribution in [-0.4, -0.2) is 33.0 Å². The molecule has 2 aliphatic carbocycles. The number of ether oxygens (including phenoxy) is 1. The van der Waals surface area contributed by atoms with Gasteiger partial charge < -0.3 is 14.9 Å². The first-order valence-corrected chi connectivity index (χ1v) is 11.0. The van der Waals surface area contributed by atoms with Crippen molar-refractivity contribution in [2.75, 3.05) is 0 Å². The van der Waals surface area contributed by atoms with E-state index in [0.29, 0.717) is 36.5 Å². The average Bonchev–Trinajstić information content (AvgIpc) is 2.53. The number of aliphatic hydroxyl groups is 2. The molecule has 0 heterocycles. The van der Waals surface area contributed by atoms with E-state index >= 15 is 0 Å². The summed E-state index contributed by atoms with van der Waals surface area (Å²) in [5, 5.41) is 22.1. The van der Waals surface area contributed by atoms with Gasteiger partial charge >= 0.3 is 5.97 Å². The van der Waals surface area contributed by atoms with Crippen molar-refractivity contribution in [1.29, 1.82) is 0 Å². The van der Waals surface area contributed by atoms with Gasteiger partial charge in [-0.15, -0.1) is 0 Å². The normalized spacial score (nSPS) is 40.0. The lowest BCUT2D eigenvalue weighted by atomic mass is 9.63. The minimum absolute atomic E-state index is 0.409. The number of esters is 1. The van der Waals surface area contributed by atoms with Crippen molar-refractivity contribution in [3.8, 4) is 0 Å². The number of carbonyl (C=O) groups excluding carboxylic acids is 1. The predicted octanol–water partition coefficient (Wildman–Crippen LogP) is 4.71. The Labute approximate surface area is 166 Å². The van der Waals surface area contributed by atoms with E-state index in [9.17, 15) is 15.0 Å². The van der Waals surface area contributed by atoms with Gasteiger partial charge in [-0.25, -0.2) is 4.79 Å². The van der Waals surface area contributed by atoms with Crippen LogP contribution in [0.3, 0.4) is 0 Å². The smallest absolute Gasteiger partial charge is 0.338 e. The molecule has 158 valence electrons. The lowest BCUT2D eigenvalue weighted by Gasteiger charge is -2.48. The second-order valence-corrected chi connectivity index (χ2v) is 10.8. The second-order valence-electron chi connectivity index (χ2n) is 10.8. The number of rotatable bonds is 5. The molecule has 4 unspecified atom stereocenters. The summed E-state index contributed by atoms with van der Waals surface area (Å²) in [5.74, 6) is 1.14. The summed E-state index contributed by atoms with van der Waals surface area (Å²) in [4.78, 5) is 13.0. The molecule has 2 N–H and O–H groups in total. The van der Waals surface area contributed by atoms with Crippen LogP contribution in [0.15, 0.2) is 0 Å². The van der Waals surface area contributed by atoms with Gasteiger partial charge in [0.2, 0.25) is 0 Å². The molecule has 0 aromatic carbocycles. The Bertz CT molecular complexity index is 512. The Morgan fingerprint density at radius 3 is 1.96 bits per heavy atom. The molecule has 2 saturated carbocycles. The lowest BCUT2D eigenvalue weighted by Crippen LogP contribution is -2.58. The van der Waals surface area contributed by atoms with E-state index in [0.717, 1.165) is 32.1 Å². The van der Waals surface area contributed by atoms with Gasteiger partial charge in [0, 0.05) is 5.92 Å². The van der Waals surface area contributed by atoms with E-state index in [1.165, 1.54) is 0 Å². The zero-order valence-corrected chi connectivity index (χ0v) is 18.5. The van der Waals surface area contributed by atoms with Crippen molar-refractivity contribution >= 4 is 5.97 Å². The maximum absolute atomic E-state index is 13.0. The zero-order chi connectivity index (χ0) is 20.6. The quantitative estimate of drug-likeness (QED) is 0.676. The summed E-state index contributed by atoms with van der Waals surface area (Å²) in [6, 6.07) is 0. The summed E-state index contributed by atoms with van der Waals surface area (Å²) in [6.07, 6.45) is 5.98. The Morgan fingerprint density at radius 2 is 1.48 bits per heavy atom. The van der Waals surface area contributed by atoms with Crippen LogP contribution in [0.2, 0.25) is 0 Å². The highest BCUT2D eigenvalue weighted by atomic mass is 16.6. The lowest BCUT2D eigenvalue weighted by molar-refractivity contribution is -0.204.